The van der Waals surface area contributed by atoms with Crippen LogP contribution in [-0.2, 0) is 17.5 Å². The molecule has 1 rings (SSSR count). The number of hydrogen-bond donors (Lipinski definition) is 0. The molecule has 0 radical (unpaired) electrons. The standard InChI is InChI=1S/C12H12ClF4NOS/c1-11(2,3)20(19)18-6-7-4-8(12(15,16)17)10(14)9(13)5-7/h4-6H,1-3H3. The maximum Gasteiger partial charge on any atom is 0.419 e. The zero-order chi connectivity index (χ0) is 15.7. The summed E-state index contributed by atoms with van der Waals surface area (Å²) in [6, 6.07) is 1.57. The van der Waals surface area contributed by atoms with E-state index in [2.05, 4.69) is 4.40 Å². The summed E-state index contributed by atoms with van der Waals surface area (Å²) >= 11 is 3.79. The van der Waals surface area contributed by atoms with Crippen LogP contribution in [0.5, 0.6) is 0 Å². The van der Waals surface area contributed by atoms with Crippen LogP contribution in [0.2, 0.25) is 5.02 Å². The molecule has 0 saturated heterocycles. The Morgan fingerprint density at radius 1 is 1.25 bits per heavy atom. The second-order valence-electron chi connectivity index (χ2n) is 4.96. The van der Waals surface area contributed by atoms with Gasteiger partial charge < -0.3 is 4.55 Å². The highest BCUT2D eigenvalue weighted by atomic mass is 35.5. The summed E-state index contributed by atoms with van der Waals surface area (Å²) in [7, 11) is 0. The van der Waals surface area contributed by atoms with Crippen LogP contribution >= 0.6 is 11.6 Å². The minimum absolute atomic E-state index is 0.0682. The van der Waals surface area contributed by atoms with Gasteiger partial charge in [0, 0.05) is 0 Å². The molecule has 0 aliphatic carbocycles. The van der Waals surface area contributed by atoms with Crippen molar-refractivity contribution in [2.75, 3.05) is 0 Å². The van der Waals surface area contributed by atoms with Gasteiger partial charge in [-0.1, -0.05) is 16.0 Å². The Bertz CT molecular complexity index is 525. The van der Waals surface area contributed by atoms with Crippen molar-refractivity contribution in [1.29, 1.82) is 0 Å². The van der Waals surface area contributed by atoms with Gasteiger partial charge in [-0.15, -0.1) is 0 Å². The molecule has 1 aromatic rings. The van der Waals surface area contributed by atoms with Crippen molar-refractivity contribution in [3.63, 3.8) is 0 Å². The minimum atomic E-state index is -4.86. The average Bonchev–Trinajstić information content (AvgIpc) is 2.27. The first-order chi connectivity index (χ1) is 8.93. The first-order valence-electron chi connectivity index (χ1n) is 5.45. The molecule has 0 heterocycles. The van der Waals surface area contributed by atoms with E-state index in [4.69, 9.17) is 11.6 Å². The van der Waals surface area contributed by atoms with Crippen molar-refractivity contribution in [2.24, 2.45) is 4.40 Å². The molecule has 0 aliphatic heterocycles. The molecule has 1 aromatic carbocycles. The summed E-state index contributed by atoms with van der Waals surface area (Å²) in [5.41, 5.74) is -1.55. The molecule has 1 unspecified atom stereocenters. The number of hydrogen-bond acceptors (Lipinski definition) is 2. The third kappa shape index (κ3) is 4.36. The van der Waals surface area contributed by atoms with Gasteiger partial charge in [0.2, 0.25) is 0 Å². The highest BCUT2D eigenvalue weighted by Gasteiger charge is 2.35. The van der Waals surface area contributed by atoms with Crippen molar-refractivity contribution < 1.29 is 22.1 Å². The smallest absolute Gasteiger partial charge is 0.419 e. The van der Waals surface area contributed by atoms with Crippen LogP contribution in [0.4, 0.5) is 17.6 Å². The molecule has 0 bridgehead atoms. The van der Waals surface area contributed by atoms with Crippen molar-refractivity contribution in [1.82, 2.24) is 0 Å². The number of rotatable bonds is 2. The molecule has 0 amide bonds. The fraction of sp³-hybridized carbons (Fsp3) is 0.417. The van der Waals surface area contributed by atoms with Crippen molar-refractivity contribution in [2.45, 2.75) is 31.7 Å². The molecule has 0 fully saturated rings. The van der Waals surface area contributed by atoms with Gasteiger partial charge in [-0.2, -0.15) is 13.2 Å². The third-order valence-corrected chi connectivity index (χ3v) is 3.80. The topological polar surface area (TPSA) is 35.4 Å². The lowest BCUT2D eigenvalue weighted by molar-refractivity contribution is -0.140. The van der Waals surface area contributed by atoms with E-state index >= 15 is 0 Å². The maximum absolute atomic E-state index is 13.3. The fourth-order valence-electron chi connectivity index (χ4n) is 1.16. The SMILES string of the molecule is CC(C)(C)[S+]([O-])N=Cc1cc(Cl)c(F)c(C(F)(F)F)c1. The van der Waals surface area contributed by atoms with Gasteiger partial charge in [-0.3, -0.25) is 0 Å². The van der Waals surface area contributed by atoms with Crippen LogP contribution in [0.15, 0.2) is 16.5 Å². The Morgan fingerprint density at radius 2 is 1.80 bits per heavy atom. The van der Waals surface area contributed by atoms with Gasteiger partial charge in [0.25, 0.3) is 0 Å². The predicted molar refractivity (Wildman–Crippen MR) is 71.9 cm³/mol. The average molecular weight is 330 g/mol. The highest BCUT2D eigenvalue weighted by Crippen LogP contribution is 2.34. The Balaban J connectivity index is 3.16. The molecular formula is C12H12ClF4NOS. The summed E-state index contributed by atoms with van der Waals surface area (Å²) in [5.74, 6) is -1.53. The fourth-order valence-corrected chi connectivity index (χ4v) is 1.92. The molecular weight excluding hydrogens is 318 g/mol. The number of halogens is 5. The Hall–Kier alpha value is -0.790. The predicted octanol–water partition coefficient (Wildman–Crippen LogP) is 4.38. The normalized spacial score (nSPS) is 14.8. The van der Waals surface area contributed by atoms with E-state index in [1.54, 1.807) is 20.8 Å². The highest BCUT2D eigenvalue weighted by molar-refractivity contribution is 7.91. The lowest BCUT2D eigenvalue weighted by atomic mass is 10.1. The summed E-state index contributed by atoms with van der Waals surface area (Å²) in [6.45, 7) is 5.00. The summed E-state index contributed by atoms with van der Waals surface area (Å²) in [4.78, 5) is 0. The molecule has 0 N–H and O–H groups in total. The molecule has 112 valence electrons. The Kier molecular flexibility index (Phi) is 5.10. The Morgan fingerprint density at radius 3 is 2.25 bits per heavy atom. The van der Waals surface area contributed by atoms with Crippen LogP contribution in [0, 0.1) is 5.82 Å². The Labute approximate surface area is 122 Å². The van der Waals surface area contributed by atoms with Gasteiger partial charge >= 0.3 is 6.18 Å². The second kappa shape index (κ2) is 5.91. The lowest BCUT2D eigenvalue weighted by Crippen LogP contribution is -2.25. The summed E-state index contributed by atoms with van der Waals surface area (Å²) < 4.78 is 65.8. The molecule has 0 spiro atoms. The van der Waals surface area contributed by atoms with Gasteiger partial charge in [-0.25, -0.2) is 4.39 Å². The van der Waals surface area contributed by atoms with Crippen molar-refractivity contribution in [3.05, 3.63) is 34.1 Å². The van der Waals surface area contributed by atoms with E-state index in [1.807, 2.05) is 0 Å². The van der Waals surface area contributed by atoms with Gasteiger partial charge in [0.05, 0.1) is 16.8 Å². The van der Waals surface area contributed by atoms with E-state index in [1.165, 1.54) is 0 Å². The van der Waals surface area contributed by atoms with E-state index in [9.17, 15) is 22.1 Å². The zero-order valence-electron chi connectivity index (χ0n) is 10.9. The van der Waals surface area contributed by atoms with Crippen LogP contribution in [0.25, 0.3) is 0 Å². The minimum Gasteiger partial charge on any atom is -0.591 e. The van der Waals surface area contributed by atoms with Crippen molar-refractivity contribution >= 4 is 29.2 Å². The van der Waals surface area contributed by atoms with Crippen LogP contribution in [0.3, 0.4) is 0 Å². The first-order valence-corrected chi connectivity index (χ1v) is 6.93. The van der Waals surface area contributed by atoms with Crippen LogP contribution < -0.4 is 0 Å². The third-order valence-electron chi connectivity index (χ3n) is 2.18. The van der Waals surface area contributed by atoms with Crippen LogP contribution in [-0.4, -0.2) is 15.5 Å². The number of benzene rings is 1. The monoisotopic (exact) mass is 329 g/mol. The first kappa shape index (κ1) is 17.3. The summed E-state index contributed by atoms with van der Waals surface area (Å²) in [5, 5.41) is -0.664. The second-order valence-corrected chi connectivity index (χ2v) is 7.30. The number of alkyl halides is 3. The number of nitrogens with zero attached hydrogens (tertiary/aromatic N) is 1. The molecule has 0 aromatic heterocycles. The van der Waals surface area contributed by atoms with E-state index in [-0.39, 0.29) is 5.56 Å². The summed E-state index contributed by atoms with van der Waals surface area (Å²) in [6.07, 6.45) is -3.87. The molecule has 8 heteroatoms. The molecule has 0 aliphatic rings. The zero-order valence-corrected chi connectivity index (χ0v) is 12.5. The molecule has 2 nitrogen and oxygen atoms in total. The van der Waals surface area contributed by atoms with E-state index < -0.39 is 38.7 Å². The van der Waals surface area contributed by atoms with Gasteiger partial charge in [0.15, 0.2) is 5.82 Å². The molecule has 20 heavy (non-hydrogen) atoms. The van der Waals surface area contributed by atoms with Crippen molar-refractivity contribution in [3.8, 4) is 0 Å². The van der Waals surface area contributed by atoms with E-state index in [0.717, 1.165) is 12.3 Å². The largest absolute Gasteiger partial charge is 0.591 e. The lowest BCUT2D eigenvalue weighted by Gasteiger charge is -2.17. The quantitative estimate of drug-likeness (QED) is 0.450. The van der Waals surface area contributed by atoms with Gasteiger partial charge in [0.1, 0.15) is 16.1 Å². The molecule has 1 atom stereocenters. The van der Waals surface area contributed by atoms with Crippen LogP contribution in [0.1, 0.15) is 31.9 Å². The molecule has 0 saturated carbocycles. The maximum atomic E-state index is 13.3. The van der Waals surface area contributed by atoms with E-state index in [0.29, 0.717) is 6.07 Å². The van der Waals surface area contributed by atoms with Gasteiger partial charge in [-0.05, 0) is 38.5 Å².